The highest BCUT2D eigenvalue weighted by Crippen LogP contribution is 2.23. The van der Waals surface area contributed by atoms with Crippen LogP contribution in [-0.4, -0.2) is 18.1 Å². The molecule has 21 heavy (non-hydrogen) atoms. The van der Waals surface area contributed by atoms with Crippen molar-refractivity contribution in [1.29, 1.82) is 0 Å². The van der Waals surface area contributed by atoms with Gasteiger partial charge >= 0.3 is 0 Å². The van der Waals surface area contributed by atoms with Gasteiger partial charge in [0, 0.05) is 13.1 Å². The van der Waals surface area contributed by atoms with Crippen molar-refractivity contribution in [2.24, 2.45) is 0 Å². The molecule has 1 fully saturated rings. The third-order valence-electron chi connectivity index (χ3n) is 4.00. The first-order chi connectivity index (χ1) is 10.2. The van der Waals surface area contributed by atoms with Crippen LogP contribution in [0.3, 0.4) is 0 Å². The van der Waals surface area contributed by atoms with Crippen LogP contribution in [0.5, 0.6) is 0 Å². The van der Waals surface area contributed by atoms with Crippen molar-refractivity contribution in [3.8, 4) is 0 Å². The fourth-order valence-corrected chi connectivity index (χ4v) is 2.79. The lowest BCUT2D eigenvalue weighted by Gasteiger charge is -2.27. The molecule has 2 aromatic rings. The van der Waals surface area contributed by atoms with Gasteiger partial charge in [-0.3, -0.25) is 0 Å². The second-order valence-electron chi connectivity index (χ2n) is 5.77. The van der Waals surface area contributed by atoms with Gasteiger partial charge in [-0.2, -0.15) is 0 Å². The molecule has 0 radical (unpaired) electrons. The number of nitrogens with zero attached hydrogens (tertiary/aromatic N) is 2. The summed E-state index contributed by atoms with van der Waals surface area (Å²) in [5.74, 6) is 2.98. The Morgan fingerprint density at radius 2 is 1.95 bits per heavy atom. The Kier molecular flexibility index (Phi) is 4.13. The van der Waals surface area contributed by atoms with Gasteiger partial charge in [0.15, 0.2) is 0 Å². The highest BCUT2D eigenvalue weighted by atomic mass is 16.3. The molecule has 4 heteroatoms. The normalized spacial score (nSPS) is 16.8. The van der Waals surface area contributed by atoms with Crippen LogP contribution in [0.2, 0.25) is 0 Å². The smallest absolute Gasteiger partial charge is 0.128 e. The van der Waals surface area contributed by atoms with E-state index in [1.807, 2.05) is 25.3 Å². The monoisotopic (exact) mass is 285 g/mol. The SMILES string of the molecule is Cc1ccc(C(C)Nc2ccc(N3CCCCC3)nc2)o1. The molecule has 1 N–H and O–H groups in total. The number of hydrogen-bond donors (Lipinski definition) is 1. The zero-order chi connectivity index (χ0) is 14.7. The van der Waals surface area contributed by atoms with E-state index in [-0.39, 0.29) is 6.04 Å². The molecule has 1 aliphatic heterocycles. The maximum atomic E-state index is 5.65. The standard InChI is InChI=1S/C17H23N3O/c1-13-6-8-16(21-13)14(2)19-15-7-9-17(18-12-15)20-10-4-3-5-11-20/h6-9,12,14,19H,3-5,10-11H2,1-2H3. The predicted octanol–water partition coefficient (Wildman–Crippen LogP) is 4.15. The molecule has 0 aromatic carbocycles. The minimum Gasteiger partial charge on any atom is -0.464 e. The largest absolute Gasteiger partial charge is 0.464 e. The second-order valence-corrected chi connectivity index (χ2v) is 5.77. The molecule has 3 rings (SSSR count). The molecular weight excluding hydrogens is 262 g/mol. The van der Waals surface area contributed by atoms with Crippen LogP contribution in [0.25, 0.3) is 0 Å². The number of aromatic nitrogens is 1. The first kappa shape index (κ1) is 14.0. The van der Waals surface area contributed by atoms with Crippen LogP contribution in [-0.2, 0) is 0 Å². The third kappa shape index (κ3) is 3.38. The van der Waals surface area contributed by atoms with Crippen molar-refractivity contribution in [2.75, 3.05) is 23.3 Å². The van der Waals surface area contributed by atoms with Crippen molar-refractivity contribution in [2.45, 2.75) is 39.2 Å². The van der Waals surface area contributed by atoms with Crippen molar-refractivity contribution < 1.29 is 4.42 Å². The minimum absolute atomic E-state index is 0.140. The first-order valence-electron chi connectivity index (χ1n) is 7.76. The molecule has 1 saturated heterocycles. The van der Waals surface area contributed by atoms with Crippen LogP contribution in [0.1, 0.15) is 43.7 Å². The third-order valence-corrected chi connectivity index (χ3v) is 4.00. The lowest BCUT2D eigenvalue weighted by Crippen LogP contribution is -2.30. The average Bonchev–Trinajstić information content (AvgIpc) is 2.96. The van der Waals surface area contributed by atoms with Gasteiger partial charge in [0.25, 0.3) is 0 Å². The summed E-state index contributed by atoms with van der Waals surface area (Å²) in [7, 11) is 0. The Bertz CT molecular complexity index is 570. The molecule has 0 saturated carbocycles. The van der Waals surface area contributed by atoms with Gasteiger partial charge in [0.1, 0.15) is 17.3 Å². The van der Waals surface area contributed by atoms with Crippen LogP contribution in [0.4, 0.5) is 11.5 Å². The molecule has 0 aliphatic carbocycles. The highest BCUT2D eigenvalue weighted by Gasteiger charge is 2.13. The van der Waals surface area contributed by atoms with Gasteiger partial charge in [-0.1, -0.05) is 0 Å². The van der Waals surface area contributed by atoms with E-state index in [1.165, 1.54) is 19.3 Å². The van der Waals surface area contributed by atoms with Gasteiger partial charge < -0.3 is 14.6 Å². The van der Waals surface area contributed by atoms with E-state index in [9.17, 15) is 0 Å². The van der Waals surface area contributed by atoms with E-state index in [1.54, 1.807) is 0 Å². The number of piperidine rings is 1. The maximum absolute atomic E-state index is 5.65. The number of nitrogens with one attached hydrogen (secondary N) is 1. The zero-order valence-corrected chi connectivity index (χ0v) is 12.8. The first-order valence-corrected chi connectivity index (χ1v) is 7.76. The summed E-state index contributed by atoms with van der Waals surface area (Å²) in [5.41, 5.74) is 1.03. The highest BCUT2D eigenvalue weighted by molar-refractivity contribution is 5.49. The summed E-state index contributed by atoms with van der Waals surface area (Å²) in [6.45, 7) is 6.31. The Balaban J connectivity index is 1.63. The fraction of sp³-hybridized carbons (Fsp3) is 0.471. The maximum Gasteiger partial charge on any atom is 0.128 e. The number of aryl methyl sites for hydroxylation is 1. The van der Waals surface area contributed by atoms with E-state index in [4.69, 9.17) is 4.42 Å². The molecule has 1 atom stereocenters. The predicted molar refractivity (Wildman–Crippen MR) is 85.8 cm³/mol. The Labute approximate surface area is 126 Å². The summed E-state index contributed by atoms with van der Waals surface area (Å²) in [6.07, 6.45) is 5.81. The van der Waals surface area contributed by atoms with Gasteiger partial charge in [0.2, 0.25) is 0 Å². The number of anilines is 2. The number of pyridine rings is 1. The number of hydrogen-bond acceptors (Lipinski definition) is 4. The van der Waals surface area contributed by atoms with E-state index in [0.717, 1.165) is 36.1 Å². The molecule has 112 valence electrons. The molecule has 1 unspecified atom stereocenters. The molecule has 0 bridgehead atoms. The lowest BCUT2D eigenvalue weighted by molar-refractivity contribution is 0.467. The minimum atomic E-state index is 0.140. The molecule has 3 heterocycles. The number of furan rings is 1. The Morgan fingerprint density at radius 3 is 2.57 bits per heavy atom. The summed E-state index contributed by atoms with van der Waals surface area (Å²) in [6, 6.07) is 8.35. The Morgan fingerprint density at radius 1 is 1.14 bits per heavy atom. The van der Waals surface area contributed by atoms with Gasteiger partial charge in [0.05, 0.1) is 17.9 Å². The van der Waals surface area contributed by atoms with Crippen LogP contribution in [0.15, 0.2) is 34.9 Å². The van der Waals surface area contributed by atoms with Crippen molar-refractivity contribution in [3.63, 3.8) is 0 Å². The van der Waals surface area contributed by atoms with Crippen LogP contribution >= 0.6 is 0 Å². The van der Waals surface area contributed by atoms with Gasteiger partial charge in [-0.05, 0) is 57.4 Å². The Hall–Kier alpha value is -1.97. The summed E-state index contributed by atoms with van der Waals surface area (Å²) in [5, 5.41) is 3.43. The molecule has 0 amide bonds. The van der Waals surface area contributed by atoms with Gasteiger partial charge in [-0.25, -0.2) is 4.98 Å². The summed E-state index contributed by atoms with van der Waals surface area (Å²) >= 11 is 0. The van der Waals surface area contributed by atoms with Crippen molar-refractivity contribution in [3.05, 3.63) is 42.0 Å². The zero-order valence-electron chi connectivity index (χ0n) is 12.8. The number of rotatable bonds is 4. The van der Waals surface area contributed by atoms with E-state index in [0.29, 0.717) is 0 Å². The average molecular weight is 285 g/mol. The molecule has 0 spiro atoms. The van der Waals surface area contributed by atoms with E-state index < -0.39 is 0 Å². The van der Waals surface area contributed by atoms with Gasteiger partial charge in [-0.15, -0.1) is 0 Å². The summed E-state index contributed by atoms with van der Waals surface area (Å²) in [4.78, 5) is 6.95. The lowest BCUT2D eigenvalue weighted by atomic mass is 10.1. The molecule has 4 nitrogen and oxygen atoms in total. The van der Waals surface area contributed by atoms with Crippen LogP contribution < -0.4 is 10.2 Å². The van der Waals surface area contributed by atoms with E-state index >= 15 is 0 Å². The fourth-order valence-electron chi connectivity index (χ4n) is 2.79. The van der Waals surface area contributed by atoms with E-state index in [2.05, 4.69) is 34.3 Å². The molecular formula is C17H23N3O. The van der Waals surface area contributed by atoms with Crippen LogP contribution in [0, 0.1) is 6.92 Å². The summed E-state index contributed by atoms with van der Waals surface area (Å²) < 4.78 is 5.65. The molecule has 1 aliphatic rings. The van der Waals surface area contributed by atoms with Crippen molar-refractivity contribution >= 4 is 11.5 Å². The second kappa shape index (κ2) is 6.20. The van der Waals surface area contributed by atoms with Crippen molar-refractivity contribution in [1.82, 2.24) is 4.98 Å². The molecule has 2 aromatic heterocycles. The quantitative estimate of drug-likeness (QED) is 0.916. The topological polar surface area (TPSA) is 41.3 Å².